The van der Waals surface area contributed by atoms with E-state index in [0.29, 0.717) is 36.4 Å². The van der Waals surface area contributed by atoms with Crippen molar-refractivity contribution in [1.82, 2.24) is 40.3 Å². The Morgan fingerprint density at radius 2 is 1.51 bits per heavy atom. The van der Waals surface area contributed by atoms with Crippen LogP contribution in [0.1, 0.15) is 95.9 Å². The van der Waals surface area contributed by atoms with Gasteiger partial charge in [-0.1, -0.05) is 84.4 Å². The quantitative estimate of drug-likeness (QED) is 0.0893. The molecule has 0 radical (unpaired) electrons. The fourth-order valence-electron chi connectivity index (χ4n) is 8.07. The Morgan fingerprint density at radius 1 is 0.862 bits per heavy atom. The number of nitrogens with one attached hydrogen (secondary N) is 3. The van der Waals surface area contributed by atoms with Crippen LogP contribution in [-0.4, -0.2) is 125 Å². The van der Waals surface area contributed by atoms with E-state index in [1.54, 1.807) is 69.6 Å². The summed E-state index contributed by atoms with van der Waals surface area (Å²) in [5.74, 6) is -8.28. The van der Waals surface area contributed by atoms with Gasteiger partial charge in [0.05, 0.1) is 30.4 Å². The van der Waals surface area contributed by atoms with Gasteiger partial charge in [-0.3, -0.25) is 38.5 Å². The predicted octanol–water partition coefficient (Wildman–Crippen LogP) is 1.67. The van der Waals surface area contributed by atoms with Crippen LogP contribution in [-0.2, 0) is 48.7 Å². The minimum absolute atomic E-state index is 0.0569. The van der Waals surface area contributed by atoms with Crippen LogP contribution in [0.2, 0.25) is 0 Å². The molecule has 0 bridgehead atoms. The molecule has 7 amide bonds. The lowest BCUT2D eigenvalue weighted by atomic mass is 9.82. The number of rotatable bonds is 21. The number of nitrogens with zero attached hydrogens (tertiary/aromatic N) is 5. The van der Waals surface area contributed by atoms with Gasteiger partial charge in [0.25, 0.3) is 11.8 Å². The zero-order chi connectivity index (χ0) is 48.1. The monoisotopic (exact) mass is 902 g/mol. The van der Waals surface area contributed by atoms with Crippen LogP contribution < -0.4 is 21.7 Å². The third kappa shape index (κ3) is 13.6. The maximum Gasteiger partial charge on any atom is 0.285 e. The molecular weight excluding hydrogens is 835 g/mol. The molecule has 3 heterocycles. The molecule has 0 aliphatic carbocycles. The molecule has 65 heavy (non-hydrogen) atoms. The average Bonchev–Trinajstić information content (AvgIpc) is 3.94. The summed E-state index contributed by atoms with van der Waals surface area (Å²) in [5, 5.41) is 32.5. The second-order valence-electron chi connectivity index (χ2n) is 17.8. The van der Waals surface area contributed by atoms with E-state index in [0.717, 1.165) is 5.56 Å². The number of nitrogens with two attached hydrogens (primary N) is 1. The Kier molecular flexibility index (Phi) is 19.0. The Bertz CT molecular complexity index is 2100. The maximum atomic E-state index is 14.6. The van der Waals surface area contributed by atoms with Crippen molar-refractivity contribution >= 4 is 41.4 Å². The van der Waals surface area contributed by atoms with Crippen molar-refractivity contribution in [3.8, 4) is 0 Å². The van der Waals surface area contributed by atoms with Crippen molar-refractivity contribution in [2.24, 2.45) is 36.5 Å². The molecule has 354 valence electrons. The highest BCUT2D eigenvalue weighted by molar-refractivity contribution is 6.17. The highest BCUT2D eigenvalue weighted by atomic mass is 16.3. The third-order valence-corrected chi connectivity index (χ3v) is 12.1. The van der Waals surface area contributed by atoms with Crippen LogP contribution >= 0.6 is 0 Å². The van der Waals surface area contributed by atoms with Gasteiger partial charge < -0.3 is 41.4 Å². The van der Waals surface area contributed by atoms with Gasteiger partial charge in [-0.05, 0) is 54.7 Å². The molecule has 18 heteroatoms. The minimum atomic E-state index is -1.93. The van der Waals surface area contributed by atoms with E-state index in [2.05, 4.69) is 25.9 Å². The van der Waals surface area contributed by atoms with Crippen molar-refractivity contribution in [3.63, 3.8) is 0 Å². The van der Waals surface area contributed by atoms with Crippen LogP contribution in [0.5, 0.6) is 0 Å². The molecule has 18 nitrogen and oxygen atoms in total. The van der Waals surface area contributed by atoms with E-state index in [4.69, 9.17) is 5.73 Å². The topological polar surface area (TPSA) is 259 Å². The zero-order valence-corrected chi connectivity index (χ0v) is 38.7. The van der Waals surface area contributed by atoms with Crippen molar-refractivity contribution in [2.45, 2.75) is 129 Å². The number of imidazole rings is 1. The van der Waals surface area contributed by atoms with Gasteiger partial charge in [-0.25, -0.2) is 9.88 Å². The maximum absolute atomic E-state index is 14.6. The Balaban J connectivity index is 1.67. The van der Waals surface area contributed by atoms with E-state index >= 15 is 0 Å². The van der Waals surface area contributed by atoms with Crippen LogP contribution in [0.4, 0.5) is 0 Å². The van der Waals surface area contributed by atoms with Gasteiger partial charge in [-0.2, -0.15) is 0 Å². The number of aliphatic hydroxyl groups excluding tert-OH is 2. The fourth-order valence-corrected chi connectivity index (χ4v) is 8.07. The number of carbonyl (C=O) groups excluding carboxylic acids is 7. The van der Waals surface area contributed by atoms with Crippen molar-refractivity contribution in [2.75, 3.05) is 6.54 Å². The number of likely N-dealkylation sites (tertiary alicyclic amines) is 1. The van der Waals surface area contributed by atoms with E-state index in [1.807, 2.05) is 19.9 Å². The first-order valence-corrected chi connectivity index (χ1v) is 22.4. The molecule has 1 saturated heterocycles. The normalized spacial score (nSPS) is 17.6. The number of amides is 7. The SMILES string of the molecule is CC[C@H](C)[C@H](N)C(=O)N(C(=O)c1ccccn1)C(=O)[C@H](C(C)C)[C@@H](O)[C@H](O)[C@H](CC(C)C)NC(=O)[C@H](Cc1cncn1C)NC(=O)[C@H](Cc1ccccc1)NC(=O)[C@@H]1CCCN1C(C)=O. The van der Waals surface area contributed by atoms with Gasteiger partial charge in [-0.15, -0.1) is 0 Å². The van der Waals surface area contributed by atoms with Crippen molar-refractivity contribution in [3.05, 3.63) is 84.2 Å². The van der Waals surface area contributed by atoms with Gasteiger partial charge in [0.2, 0.25) is 29.5 Å². The molecule has 2 aromatic heterocycles. The molecule has 1 aliphatic rings. The van der Waals surface area contributed by atoms with Crippen LogP contribution in [0, 0.1) is 23.7 Å². The molecule has 0 unspecified atom stereocenters. The summed E-state index contributed by atoms with van der Waals surface area (Å²) in [6, 6.07) is 7.66. The standard InChI is InChI=1S/C47H67N9O9/c1-9-29(6)39(48)47(65)56(45(63)33-18-13-14-20-50-33)46(64)38(28(4)5)41(59)40(58)34(22-27(2)3)51-43(61)36(24-32-25-49-26-54(32)8)52-42(60)35(23-31-16-11-10-12-17-31)53-44(62)37-19-15-21-55(37)30(7)57/h10-14,16-18,20,25-29,34-41,58-59H,9,15,19,21-24,48H2,1-8H3,(H,51,61)(H,52,60)(H,53,62)/t29-,34-,35-,36-,37-,38+,39-,40+,41+/m0/s1. The number of hydrogen-bond donors (Lipinski definition) is 6. The Hall–Kier alpha value is -5.85. The molecule has 1 fully saturated rings. The molecule has 9 atom stereocenters. The molecule has 1 aromatic carbocycles. The molecule has 3 aromatic rings. The fraction of sp³-hybridized carbons (Fsp3) is 0.553. The summed E-state index contributed by atoms with van der Waals surface area (Å²) in [7, 11) is 1.72. The van der Waals surface area contributed by atoms with E-state index in [-0.39, 0.29) is 36.8 Å². The molecule has 4 rings (SSSR count). The first-order chi connectivity index (χ1) is 30.8. The van der Waals surface area contributed by atoms with E-state index < -0.39 is 95.6 Å². The van der Waals surface area contributed by atoms with E-state index in [9.17, 15) is 43.8 Å². The lowest BCUT2D eigenvalue weighted by molar-refractivity contribution is -0.152. The number of pyridine rings is 1. The van der Waals surface area contributed by atoms with Crippen LogP contribution in [0.25, 0.3) is 0 Å². The van der Waals surface area contributed by atoms with Gasteiger partial charge in [0, 0.05) is 51.4 Å². The lowest BCUT2D eigenvalue weighted by Crippen LogP contribution is -2.61. The number of hydrogen-bond acceptors (Lipinski definition) is 12. The largest absolute Gasteiger partial charge is 0.390 e. The number of imide groups is 3. The number of aliphatic hydroxyl groups is 2. The molecule has 1 aliphatic heterocycles. The summed E-state index contributed by atoms with van der Waals surface area (Å²) < 4.78 is 1.67. The summed E-state index contributed by atoms with van der Waals surface area (Å²) in [4.78, 5) is 107. The molecular formula is C47H67N9O9. The van der Waals surface area contributed by atoms with Crippen LogP contribution in [0.3, 0.4) is 0 Å². The highest BCUT2D eigenvalue weighted by Gasteiger charge is 2.46. The second kappa shape index (κ2) is 23.9. The lowest BCUT2D eigenvalue weighted by Gasteiger charge is -2.36. The summed E-state index contributed by atoms with van der Waals surface area (Å²) in [6.45, 7) is 12.1. The number of carbonyl (C=O) groups is 7. The first kappa shape index (κ1) is 51.8. The van der Waals surface area contributed by atoms with Gasteiger partial charge >= 0.3 is 0 Å². The zero-order valence-electron chi connectivity index (χ0n) is 38.7. The molecule has 0 saturated carbocycles. The predicted molar refractivity (Wildman–Crippen MR) is 241 cm³/mol. The summed E-state index contributed by atoms with van der Waals surface area (Å²) in [5.41, 5.74) is 7.37. The first-order valence-electron chi connectivity index (χ1n) is 22.4. The number of aryl methyl sites for hydroxylation is 1. The van der Waals surface area contributed by atoms with Gasteiger partial charge in [0.1, 0.15) is 29.9 Å². The Morgan fingerprint density at radius 3 is 2.08 bits per heavy atom. The van der Waals surface area contributed by atoms with Crippen molar-refractivity contribution in [1.29, 1.82) is 0 Å². The Labute approximate surface area is 381 Å². The average molecular weight is 902 g/mol. The van der Waals surface area contributed by atoms with Crippen molar-refractivity contribution < 1.29 is 43.8 Å². The highest BCUT2D eigenvalue weighted by Crippen LogP contribution is 2.27. The molecule has 0 spiro atoms. The van der Waals surface area contributed by atoms with E-state index in [1.165, 1.54) is 42.7 Å². The second-order valence-corrected chi connectivity index (χ2v) is 17.8. The minimum Gasteiger partial charge on any atom is -0.390 e. The smallest absolute Gasteiger partial charge is 0.285 e. The van der Waals surface area contributed by atoms with Gasteiger partial charge in [0.15, 0.2) is 0 Å². The summed E-state index contributed by atoms with van der Waals surface area (Å²) >= 11 is 0. The summed E-state index contributed by atoms with van der Waals surface area (Å²) in [6.07, 6.45) is 2.19. The third-order valence-electron chi connectivity index (χ3n) is 12.1. The number of benzene rings is 1. The van der Waals surface area contributed by atoms with Crippen LogP contribution in [0.15, 0.2) is 67.3 Å². The number of aromatic nitrogens is 3. The molecule has 7 N–H and O–H groups in total.